The minimum atomic E-state index is 0.595. The Hall–Kier alpha value is -1.03. The summed E-state index contributed by atoms with van der Waals surface area (Å²) >= 11 is 0. The average molecular weight is 261 g/mol. The van der Waals surface area contributed by atoms with Gasteiger partial charge in [0.25, 0.3) is 6.01 Å². The van der Waals surface area contributed by atoms with Crippen LogP contribution in [0, 0.1) is 23.7 Å². The summed E-state index contributed by atoms with van der Waals surface area (Å²) in [5.74, 6) is 3.72. The highest BCUT2D eigenvalue weighted by molar-refractivity contribution is 5.26. The molecule has 4 fully saturated rings. The molecule has 0 atom stereocenters. The fourth-order valence-electron chi connectivity index (χ4n) is 4.94. The summed E-state index contributed by atoms with van der Waals surface area (Å²) in [6.45, 7) is 0.629. The molecule has 0 aromatic carbocycles. The van der Waals surface area contributed by atoms with E-state index in [1.54, 1.807) is 6.26 Å². The molecule has 4 bridgehead atoms. The fraction of sp³-hybridized carbons (Fsp3) is 0.800. The van der Waals surface area contributed by atoms with Crippen LogP contribution in [0.5, 0.6) is 0 Å². The van der Waals surface area contributed by atoms with Gasteiger partial charge < -0.3 is 15.5 Å². The first-order valence-corrected chi connectivity index (χ1v) is 7.73. The van der Waals surface area contributed by atoms with Gasteiger partial charge in [-0.3, -0.25) is 0 Å². The maximum Gasteiger partial charge on any atom is 0.294 e. The van der Waals surface area contributed by atoms with Gasteiger partial charge in [-0.15, -0.1) is 0 Å². The molecular weight excluding hydrogens is 238 g/mol. The van der Waals surface area contributed by atoms with Crippen molar-refractivity contribution in [2.45, 2.75) is 44.6 Å². The normalized spacial score (nSPS) is 39.7. The molecule has 4 saturated carbocycles. The maximum atomic E-state index is 5.55. The summed E-state index contributed by atoms with van der Waals surface area (Å²) in [6.07, 6.45) is 9.71. The van der Waals surface area contributed by atoms with Crippen LogP contribution in [-0.2, 0) is 6.42 Å². The van der Waals surface area contributed by atoms with Crippen LogP contribution in [-0.4, -0.2) is 17.6 Å². The van der Waals surface area contributed by atoms with Crippen molar-refractivity contribution in [2.24, 2.45) is 29.4 Å². The van der Waals surface area contributed by atoms with Crippen molar-refractivity contribution in [1.82, 2.24) is 4.98 Å². The molecule has 4 heteroatoms. The fourth-order valence-corrected chi connectivity index (χ4v) is 4.94. The van der Waals surface area contributed by atoms with Crippen LogP contribution in [0.4, 0.5) is 6.01 Å². The number of nitrogens with zero attached hydrogens (tertiary/aromatic N) is 1. The molecule has 5 rings (SSSR count). The molecule has 1 aromatic heterocycles. The lowest BCUT2D eigenvalue weighted by atomic mass is 9.54. The third-order valence-corrected chi connectivity index (χ3v) is 5.47. The van der Waals surface area contributed by atoms with E-state index in [0.29, 0.717) is 18.6 Å². The molecule has 1 aromatic rings. The molecule has 3 N–H and O–H groups in total. The second-order valence-corrected chi connectivity index (χ2v) is 6.78. The molecule has 0 saturated heterocycles. The Morgan fingerprint density at radius 1 is 1.16 bits per heavy atom. The van der Waals surface area contributed by atoms with E-state index in [4.69, 9.17) is 10.2 Å². The minimum Gasteiger partial charge on any atom is -0.432 e. The summed E-state index contributed by atoms with van der Waals surface area (Å²) in [5.41, 5.74) is 6.51. The molecule has 19 heavy (non-hydrogen) atoms. The summed E-state index contributed by atoms with van der Waals surface area (Å²) in [4.78, 5) is 4.49. The highest BCUT2D eigenvalue weighted by Crippen LogP contribution is 2.54. The highest BCUT2D eigenvalue weighted by Gasteiger charge is 2.48. The molecule has 0 unspecified atom stereocenters. The van der Waals surface area contributed by atoms with Crippen LogP contribution in [0.15, 0.2) is 10.7 Å². The van der Waals surface area contributed by atoms with E-state index in [-0.39, 0.29) is 0 Å². The van der Waals surface area contributed by atoms with Crippen molar-refractivity contribution in [2.75, 3.05) is 11.9 Å². The Labute approximate surface area is 114 Å². The van der Waals surface area contributed by atoms with E-state index in [0.717, 1.165) is 35.8 Å². The number of oxazole rings is 1. The second-order valence-electron chi connectivity index (χ2n) is 6.78. The summed E-state index contributed by atoms with van der Waals surface area (Å²) in [5, 5.41) is 3.58. The minimum absolute atomic E-state index is 0.595. The zero-order valence-electron chi connectivity index (χ0n) is 11.3. The Morgan fingerprint density at radius 2 is 1.84 bits per heavy atom. The number of nitrogens with one attached hydrogen (secondary N) is 1. The number of rotatable bonds is 4. The van der Waals surface area contributed by atoms with E-state index < -0.39 is 0 Å². The van der Waals surface area contributed by atoms with Crippen molar-refractivity contribution in [3.8, 4) is 0 Å². The Bertz CT molecular complexity index is 428. The highest BCUT2D eigenvalue weighted by atomic mass is 16.4. The van der Waals surface area contributed by atoms with Crippen molar-refractivity contribution < 1.29 is 4.42 Å². The number of nitrogens with two attached hydrogens (primary N) is 1. The van der Waals surface area contributed by atoms with Crippen LogP contribution in [0.3, 0.4) is 0 Å². The van der Waals surface area contributed by atoms with Crippen LogP contribution < -0.4 is 11.1 Å². The molecule has 4 nitrogen and oxygen atoms in total. The Morgan fingerprint density at radius 3 is 2.47 bits per heavy atom. The van der Waals surface area contributed by atoms with E-state index in [1.165, 1.54) is 32.1 Å². The number of aromatic nitrogens is 1. The quantitative estimate of drug-likeness (QED) is 0.873. The van der Waals surface area contributed by atoms with E-state index in [2.05, 4.69) is 10.3 Å². The summed E-state index contributed by atoms with van der Waals surface area (Å²) < 4.78 is 5.55. The predicted molar refractivity (Wildman–Crippen MR) is 73.7 cm³/mol. The van der Waals surface area contributed by atoms with Gasteiger partial charge in [-0.2, -0.15) is 4.98 Å². The summed E-state index contributed by atoms with van der Waals surface area (Å²) in [7, 11) is 0. The number of hydrogen-bond acceptors (Lipinski definition) is 4. The van der Waals surface area contributed by atoms with E-state index >= 15 is 0 Å². The van der Waals surface area contributed by atoms with Gasteiger partial charge in [0.1, 0.15) is 6.26 Å². The van der Waals surface area contributed by atoms with Crippen LogP contribution >= 0.6 is 0 Å². The van der Waals surface area contributed by atoms with Gasteiger partial charge in [-0.05, 0) is 62.3 Å². The average Bonchev–Trinajstić information content (AvgIpc) is 2.81. The van der Waals surface area contributed by atoms with Crippen molar-refractivity contribution in [3.05, 3.63) is 12.0 Å². The first kappa shape index (κ1) is 11.8. The summed E-state index contributed by atoms with van der Waals surface area (Å²) in [6, 6.07) is 1.30. The zero-order chi connectivity index (χ0) is 12.8. The van der Waals surface area contributed by atoms with E-state index in [9.17, 15) is 0 Å². The molecule has 4 aliphatic carbocycles. The van der Waals surface area contributed by atoms with Gasteiger partial charge >= 0.3 is 0 Å². The molecule has 1 heterocycles. The molecule has 0 radical (unpaired) electrons. The van der Waals surface area contributed by atoms with Crippen LogP contribution in [0.1, 0.15) is 37.8 Å². The zero-order valence-corrected chi connectivity index (χ0v) is 11.3. The SMILES string of the molecule is NCCc1coc(NC2C3CC4CC(C3)CC2C4)n1. The van der Waals surface area contributed by atoms with Crippen LogP contribution in [0.25, 0.3) is 0 Å². The van der Waals surface area contributed by atoms with Gasteiger partial charge in [0.05, 0.1) is 5.69 Å². The molecule has 0 amide bonds. The molecule has 0 spiro atoms. The predicted octanol–water partition coefficient (Wildman–Crippen LogP) is 2.41. The molecule has 104 valence electrons. The number of anilines is 1. The van der Waals surface area contributed by atoms with Gasteiger partial charge in [-0.25, -0.2) is 0 Å². The number of hydrogen-bond donors (Lipinski definition) is 2. The Kier molecular flexibility index (Phi) is 2.79. The molecule has 0 aliphatic heterocycles. The standard InChI is InChI=1S/C15H23N3O/c16-2-1-13-8-19-15(17-13)18-14-11-4-9-3-10(6-11)7-12(14)5-9/h8-12,14H,1-7,16H2,(H,17,18). The first-order chi connectivity index (χ1) is 9.31. The third kappa shape index (κ3) is 2.06. The second kappa shape index (κ2) is 4.51. The smallest absolute Gasteiger partial charge is 0.294 e. The first-order valence-electron chi connectivity index (χ1n) is 7.73. The van der Waals surface area contributed by atoms with Gasteiger partial charge in [0, 0.05) is 12.5 Å². The van der Waals surface area contributed by atoms with Crippen molar-refractivity contribution >= 4 is 6.01 Å². The third-order valence-electron chi connectivity index (χ3n) is 5.47. The maximum absolute atomic E-state index is 5.55. The molecular formula is C15H23N3O. The molecule has 4 aliphatic rings. The van der Waals surface area contributed by atoms with Gasteiger partial charge in [0.2, 0.25) is 0 Å². The largest absolute Gasteiger partial charge is 0.432 e. The lowest BCUT2D eigenvalue weighted by Gasteiger charge is -2.54. The van der Waals surface area contributed by atoms with Crippen molar-refractivity contribution in [1.29, 1.82) is 0 Å². The lowest BCUT2D eigenvalue weighted by Crippen LogP contribution is -2.51. The van der Waals surface area contributed by atoms with Crippen molar-refractivity contribution in [3.63, 3.8) is 0 Å². The van der Waals surface area contributed by atoms with Gasteiger partial charge in [0.15, 0.2) is 0 Å². The van der Waals surface area contributed by atoms with Crippen LogP contribution in [0.2, 0.25) is 0 Å². The Balaban J connectivity index is 1.47. The van der Waals surface area contributed by atoms with Gasteiger partial charge in [-0.1, -0.05) is 0 Å². The van der Waals surface area contributed by atoms with E-state index in [1.807, 2.05) is 0 Å². The lowest BCUT2D eigenvalue weighted by molar-refractivity contribution is 0.00677. The monoisotopic (exact) mass is 261 g/mol. The topological polar surface area (TPSA) is 64.1 Å².